The van der Waals surface area contributed by atoms with Gasteiger partial charge in [0.1, 0.15) is 5.65 Å². The van der Waals surface area contributed by atoms with E-state index < -0.39 is 12.1 Å². The Labute approximate surface area is 125 Å². The van der Waals surface area contributed by atoms with Crippen LogP contribution < -0.4 is 10.6 Å². The molecular weight excluding hydrogens is 286 g/mol. The summed E-state index contributed by atoms with van der Waals surface area (Å²) in [4.78, 5) is 21.6. The molecule has 112 valence electrons. The van der Waals surface area contributed by atoms with Gasteiger partial charge >= 0.3 is 12.1 Å². The average molecular weight is 299 g/mol. The van der Waals surface area contributed by atoms with Crippen molar-refractivity contribution >= 4 is 23.5 Å². The second-order valence-electron chi connectivity index (χ2n) is 4.64. The van der Waals surface area contributed by atoms with E-state index in [-0.39, 0.29) is 0 Å². The van der Waals surface area contributed by atoms with Gasteiger partial charge < -0.3 is 15.0 Å². The van der Waals surface area contributed by atoms with Crippen molar-refractivity contribution in [3.8, 4) is 0 Å². The molecule has 22 heavy (non-hydrogen) atoms. The maximum Gasteiger partial charge on any atom is 0.412 e. The van der Waals surface area contributed by atoms with E-state index in [0.29, 0.717) is 12.2 Å². The van der Waals surface area contributed by atoms with E-state index in [9.17, 15) is 9.59 Å². The SMILES string of the molecule is O=C(O)NC(=O)Nc1ccc(Cn2ccn3nccc23)cc1. The fraction of sp³-hybridized carbons (Fsp3) is 0.0714. The largest absolute Gasteiger partial charge is 0.465 e. The van der Waals surface area contributed by atoms with E-state index in [2.05, 4.69) is 10.4 Å². The number of hydrogen-bond donors (Lipinski definition) is 3. The number of aromatic nitrogens is 3. The molecule has 0 bridgehead atoms. The average Bonchev–Trinajstić information content (AvgIpc) is 3.05. The molecule has 0 unspecified atom stereocenters. The van der Waals surface area contributed by atoms with Crippen molar-refractivity contribution in [1.29, 1.82) is 0 Å². The highest BCUT2D eigenvalue weighted by Gasteiger charge is 2.06. The molecule has 3 N–H and O–H groups in total. The topological polar surface area (TPSA) is 101 Å². The first-order valence-electron chi connectivity index (χ1n) is 6.50. The molecule has 3 amide bonds. The maximum absolute atomic E-state index is 11.3. The third-order valence-electron chi connectivity index (χ3n) is 3.12. The molecule has 0 aliphatic carbocycles. The monoisotopic (exact) mass is 299 g/mol. The standard InChI is InChI=1S/C14H13N5O3/c20-13(17-14(21)22)16-11-3-1-10(2-4-11)9-18-7-8-19-12(18)5-6-15-19/h1-8H,9H2,(H,21,22)(H2,16,17,20). The smallest absolute Gasteiger partial charge is 0.412 e. The Hall–Kier alpha value is -3.29. The molecule has 0 spiro atoms. The summed E-state index contributed by atoms with van der Waals surface area (Å²) >= 11 is 0. The van der Waals surface area contributed by atoms with Crippen LogP contribution in [-0.2, 0) is 6.54 Å². The summed E-state index contributed by atoms with van der Waals surface area (Å²) < 4.78 is 3.83. The summed E-state index contributed by atoms with van der Waals surface area (Å²) in [7, 11) is 0. The first-order chi connectivity index (χ1) is 10.6. The Balaban J connectivity index is 1.68. The van der Waals surface area contributed by atoms with Crippen LogP contribution in [0, 0.1) is 0 Å². The normalized spacial score (nSPS) is 10.5. The summed E-state index contributed by atoms with van der Waals surface area (Å²) in [5.74, 6) is 0. The summed E-state index contributed by atoms with van der Waals surface area (Å²) in [6, 6.07) is 8.30. The van der Waals surface area contributed by atoms with Crippen molar-refractivity contribution in [2.24, 2.45) is 0 Å². The first-order valence-corrected chi connectivity index (χ1v) is 6.50. The number of urea groups is 1. The van der Waals surface area contributed by atoms with Gasteiger partial charge in [0.05, 0.1) is 6.20 Å². The van der Waals surface area contributed by atoms with Crippen molar-refractivity contribution in [2.45, 2.75) is 6.54 Å². The quantitative estimate of drug-likeness (QED) is 0.688. The Kier molecular flexibility index (Phi) is 3.48. The number of benzene rings is 1. The predicted molar refractivity (Wildman–Crippen MR) is 78.9 cm³/mol. The van der Waals surface area contributed by atoms with Crippen LogP contribution in [0.25, 0.3) is 5.65 Å². The number of rotatable bonds is 3. The molecule has 2 aromatic heterocycles. The second-order valence-corrected chi connectivity index (χ2v) is 4.64. The summed E-state index contributed by atoms with van der Waals surface area (Å²) in [6.45, 7) is 0.670. The van der Waals surface area contributed by atoms with Crippen LogP contribution in [-0.4, -0.2) is 31.4 Å². The number of anilines is 1. The summed E-state index contributed by atoms with van der Waals surface area (Å²) in [5, 5.41) is 16.7. The minimum absolute atomic E-state index is 0.518. The van der Waals surface area contributed by atoms with Crippen LogP contribution >= 0.6 is 0 Å². The molecule has 8 nitrogen and oxygen atoms in total. The highest BCUT2D eigenvalue weighted by Crippen LogP contribution is 2.13. The fourth-order valence-corrected chi connectivity index (χ4v) is 2.15. The lowest BCUT2D eigenvalue weighted by Gasteiger charge is -2.07. The third kappa shape index (κ3) is 2.90. The fourth-order valence-electron chi connectivity index (χ4n) is 2.15. The van der Waals surface area contributed by atoms with Crippen LogP contribution in [0.4, 0.5) is 15.3 Å². The molecule has 0 aliphatic heterocycles. The van der Waals surface area contributed by atoms with E-state index in [4.69, 9.17) is 5.11 Å². The van der Waals surface area contributed by atoms with Crippen molar-refractivity contribution in [2.75, 3.05) is 5.32 Å². The van der Waals surface area contributed by atoms with Crippen LogP contribution in [0.2, 0.25) is 0 Å². The highest BCUT2D eigenvalue weighted by molar-refractivity contribution is 5.98. The van der Waals surface area contributed by atoms with Crippen molar-refractivity contribution in [1.82, 2.24) is 19.5 Å². The molecule has 0 saturated heterocycles. The Bertz CT molecular complexity index is 818. The van der Waals surface area contributed by atoms with Gasteiger partial charge in [0.25, 0.3) is 0 Å². The lowest BCUT2D eigenvalue weighted by molar-refractivity contribution is 0.194. The first kappa shape index (κ1) is 13.7. The number of imide groups is 1. The zero-order valence-corrected chi connectivity index (χ0v) is 11.4. The van der Waals surface area contributed by atoms with E-state index >= 15 is 0 Å². The van der Waals surface area contributed by atoms with Gasteiger partial charge in [-0.2, -0.15) is 5.10 Å². The van der Waals surface area contributed by atoms with E-state index in [1.165, 1.54) is 0 Å². The van der Waals surface area contributed by atoms with Gasteiger partial charge in [-0.3, -0.25) is 0 Å². The van der Waals surface area contributed by atoms with Gasteiger partial charge in [0.15, 0.2) is 0 Å². The van der Waals surface area contributed by atoms with E-state index in [1.54, 1.807) is 28.2 Å². The molecule has 0 aliphatic rings. The molecule has 3 aromatic rings. The third-order valence-corrected chi connectivity index (χ3v) is 3.12. The number of hydrogen-bond acceptors (Lipinski definition) is 3. The van der Waals surface area contributed by atoms with Gasteiger partial charge in [0.2, 0.25) is 0 Å². The molecule has 0 atom stereocenters. The molecular formula is C14H13N5O3. The van der Waals surface area contributed by atoms with Crippen LogP contribution in [0.5, 0.6) is 0 Å². The van der Waals surface area contributed by atoms with E-state index in [0.717, 1.165) is 11.2 Å². The number of carbonyl (C=O) groups is 2. The molecule has 1 aromatic carbocycles. The van der Waals surface area contributed by atoms with Crippen molar-refractivity contribution in [3.63, 3.8) is 0 Å². The lowest BCUT2D eigenvalue weighted by atomic mass is 10.2. The van der Waals surface area contributed by atoms with Crippen molar-refractivity contribution < 1.29 is 14.7 Å². The molecule has 0 saturated carbocycles. The number of carboxylic acid groups (broad SMARTS) is 1. The molecule has 0 radical (unpaired) electrons. The van der Waals surface area contributed by atoms with E-state index in [1.807, 2.05) is 35.2 Å². The Morgan fingerprint density at radius 1 is 1.14 bits per heavy atom. The minimum Gasteiger partial charge on any atom is -0.465 e. The molecule has 3 rings (SSSR count). The number of nitrogens with zero attached hydrogens (tertiary/aromatic N) is 3. The molecule has 0 fully saturated rings. The maximum atomic E-state index is 11.3. The van der Waals surface area contributed by atoms with Gasteiger partial charge in [-0.15, -0.1) is 0 Å². The summed E-state index contributed by atoms with van der Waals surface area (Å²) in [6.07, 6.45) is 4.16. The van der Waals surface area contributed by atoms with Gasteiger partial charge in [-0.05, 0) is 17.7 Å². The number of nitrogens with one attached hydrogen (secondary N) is 2. The second kappa shape index (κ2) is 5.60. The number of carbonyl (C=O) groups excluding carboxylic acids is 1. The summed E-state index contributed by atoms with van der Waals surface area (Å²) in [5.41, 5.74) is 2.55. The van der Waals surface area contributed by atoms with Crippen LogP contribution in [0.15, 0.2) is 48.9 Å². The Morgan fingerprint density at radius 3 is 2.64 bits per heavy atom. The number of imidazole rings is 1. The van der Waals surface area contributed by atoms with Crippen LogP contribution in [0.3, 0.4) is 0 Å². The van der Waals surface area contributed by atoms with Crippen molar-refractivity contribution in [3.05, 3.63) is 54.5 Å². The Morgan fingerprint density at radius 2 is 1.91 bits per heavy atom. The molecule has 2 heterocycles. The van der Waals surface area contributed by atoms with Gasteiger partial charge in [-0.1, -0.05) is 12.1 Å². The number of amides is 3. The molecule has 8 heteroatoms. The zero-order valence-electron chi connectivity index (χ0n) is 11.4. The minimum atomic E-state index is -1.40. The lowest BCUT2D eigenvalue weighted by Crippen LogP contribution is -2.32. The number of fused-ring (bicyclic) bond motifs is 1. The van der Waals surface area contributed by atoms with Crippen LogP contribution in [0.1, 0.15) is 5.56 Å². The zero-order chi connectivity index (χ0) is 15.5. The predicted octanol–water partition coefficient (Wildman–Crippen LogP) is 1.98. The highest BCUT2D eigenvalue weighted by atomic mass is 16.4. The van der Waals surface area contributed by atoms with Gasteiger partial charge in [0, 0.05) is 30.7 Å². The van der Waals surface area contributed by atoms with Gasteiger partial charge in [-0.25, -0.2) is 19.4 Å².